The van der Waals surface area contributed by atoms with Crippen LogP contribution in [0, 0.1) is 11.3 Å². The first-order valence-corrected chi connectivity index (χ1v) is 11.0. The van der Waals surface area contributed by atoms with Gasteiger partial charge in [-0.05, 0) is 36.9 Å². The van der Waals surface area contributed by atoms with Crippen LogP contribution >= 0.6 is 34.6 Å². The first-order valence-electron chi connectivity index (χ1n) is 8.46. The normalized spacial score (nSPS) is 15.1. The van der Waals surface area contributed by atoms with Crippen molar-refractivity contribution in [3.05, 3.63) is 34.2 Å². The second kappa shape index (κ2) is 7.10. The average Bonchev–Trinajstić information content (AvgIpc) is 3.17. The van der Waals surface area contributed by atoms with E-state index in [1.165, 1.54) is 28.0 Å². The molecule has 7 nitrogen and oxygen atoms in total. The fourth-order valence-electron chi connectivity index (χ4n) is 2.79. The molecule has 29 heavy (non-hydrogen) atoms. The number of benzene rings is 1. The molecule has 0 bridgehead atoms. The highest BCUT2D eigenvalue weighted by Gasteiger charge is 2.43. The summed E-state index contributed by atoms with van der Waals surface area (Å²) in [7, 11) is 0. The lowest BCUT2D eigenvalue weighted by atomic mass is 10.1. The zero-order valence-electron chi connectivity index (χ0n) is 14.5. The van der Waals surface area contributed by atoms with E-state index in [4.69, 9.17) is 0 Å². The summed E-state index contributed by atoms with van der Waals surface area (Å²) in [6.07, 6.45) is 0.630. The number of nitrogens with one attached hydrogen (secondary N) is 1. The number of nitriles is 1. The van der Waals surface area contributed by atoms with Gasteiger partial charge >= 0.3 is 0 Å². The minimum Gasteiger partial charge on any atom is -0.245 e. The van der Waals surface area contributed by atoms with E-state index in [1.807, 2.05) is 17.5 Å². The third-order valence-corrected chi connectivity index (χ3v) is 6.95. The molecule has 0 saturated heterocycles. The summed E-state index contributed by atoms with van der Waals surface area (Å²) in [5.74, 6) is 0. The molecule has 1 saturated carbocycles. The summed E-state index contributed by atoms with van der Waals surface area (Å²) in [6, 6.07) is 6.18. The van der Waals surface area contributed by atoms with Crippen LogP contribution in [-0.4, -0.2) is 30.5 Å². The van der Waals surface area contributed by atoms with Gasteiger partial charge in [-0.15, -0.1) is 21.5 Å². The molecular weight excluding hydrogens is 436 g/mol. The van der Waals surface area contributed by atoms with Crippen LogP contribution in [0.2, 0.25) is 0 Å². The number of nitrogens with zero attached hydrogens (tertiary/aromatic N) is 6. The van der Waals surface area contributed by atoms with Gasteiger partial charge in [0.15, 0.2) is 5.01 Å². The number of aromatic nitrogens is 5. The first-order chi connectivity index (χ1) is 14.1. The Morgan fingerprint density at radius 1 is 1.31 bits per heavy atom. The Bertz CT molecular complexity index is 1220. The van der Waals surface area contributed by atoms with Crippen molar-refractivity contribution in [3.8, 4) is 22.5 Å². The SMILES string of the molecule is N#CC1(NSc2cc(-c3cscn3)c3cnn(-c4nnc(C(F)F)s4)c3c2)CC1. The maximum Gasteiger partial charge on any atom is 0.291 e. The van der Waals surface area contributed by atoms with Crippen molar-refractivity contribution in [2.24, 2.45) is 0 Å². The molecular formula is C17H11F2N7S3. The fraction of sp³-hybridized carbons (Fsp3) is 0.235. The van der Waals surface area contributed by atoms with Gasteiger partial charge in [-0.1, -0.05) is 11.3 Å². The maximum absolute atomic E-state index is 12.9. The minimum atomic E-state index is -2.68. The Morgan fingerprint density at radius 3 is 2.83 bits per heavy atom. The molecule has 12 heteroatoms. The number of fused-ring (bicyclic) bond motifs is 1. The summed E-state index contributed by atoms with van der Waals surface area (Å²) in [5, 5.41) is 23.8. The molecule has 146 valence electrons. The van der Waals surface area contributed by atoms with Gasteiger partial charge < -0.3 is 0 Å². The zero-order valence-corrected chi connectivity index (χ0v) is 17.0. The molecule has 0 amide bonds. The summed E-state index contributed by atoms with van der Waals surface area (Å²) < 4.78 is 30.6. The molecule has 1 aromatic carbocycles. The van der Waals surface area contributed by atoms with Crippen molar-refractivity contribution in [2.75, 3.05) is 0 Å². The number of thiazole rings is 1. The predicted molar refractivity (Wildman–Crippen MR) is 107 cm³/mol. The zero-order chi connectivity index (χ0) is 20.0. The van der Waals surface area contributed by atoms with Gasteiger partial charge in [0.1, 0.15) is 5.54 Å². The molecule has 3 heterocycles. The fourth-order valence-corrected chi connectivity index (χ4v) is 4.92. The minimum absolute atomic E-state index is 0.269. The van der Waals surface area contributed by atoms with Gasteiger partial charge in [0.05, 0.1) is 29.0 Å². The average molecular weight is 448 g/mol. The van der Waals surface area contributed by atoms with Gasteiger partial charge in [-0.2, -0.15) is 10.4 Å². The summed E-state index contributed by atoms with van der Waals surface area (Å²) >= 11 is 3.65. The Hall–Kier alpha value is -2.46. The highest BCUT2D eigenvalue weighted by atomic mass is 32.2. The smallest absolute Gasteiger partial charge is 0.245 e. The third-order valence-electron chi connectivity index (χ3n) is 4.50. The van der Waals surface area contributed by atoms with Crippen LogP contribution in [0.4, 0.5) is 8.78 Å². The van der Waals surface area contributed by atoms with Crippen molar-refractivity contribution in [3.63, 3.8) is 0 Å². The van der Waals surface area contributed by atoms with Crippen molar-refractivity contribution in [1.82, 2.24) is 29.7 Å². The number of hydrogen-bond acceptors (Lipinski definition) is 9. The molecule has 5 rings (SSSR count). The standard InChI is InChI=1S/C17H11F2N7S3/c18-14(19)15-23-24-16(28-15)26-13-4-9(29-25-17(7-20)1-2-17)3-10(11(13)5-22-26)12-6-27-8-21-12/h3-6,8,14,25H,1-2H2. The second-order valence-corrected chi connectivity index (χ2v) is 9.04. The number of hydrogen-bond donors (Lipinski definition) is 1. The Kier molecular flexibility index (Phi) is 4.54. The number of halogens is 2. The van der Waals surface area contributed by atoms with Crippen LogP contribution in [0.25, 0.3) is 27.3 Å². The Morgan fingerprint density at radius 2 is 2.17 bits per heavy atom. The van der Waals surface area contributed by atoms with Gasteiger partial charge in [-0.25, -0.2) is 23.2 Å². The van der Waals surface area contributed by atoms with Crippen LogP contribution < -0.4 is 4.72 Å². The van der Waals surface area contributed by atoms with E-state index in [2.05, 4.69) is 31.1 Å². The molecule has 1 fully saturated rings. The molecule has 0 spiro atoms. The molecule has 4 aromatic rings. The lowest BCUT2D eigenvalue weighted by molar-refractivity contribution is 0.150. The van der Waals surface area contributed by atoms with Crippen LogP contribution in [0.15, 0.2) is 34.1 Å². The van der Waals surface area contributed by atoms with E-state index in [-0.39, 0.29) is 10.1 Å². The van der Waals surface area contributed by atoms with Crippen molar-refractivity contribution < 1.29 is 8.78 Å². The summed E-state index contributed by atoms with van der Waals surface area (Å²) in [4.78, 5) is 5.26. The van der Waals surface area contributed by atoms with E-state index in [1.54, 1.807) is 11.7 Å². The summed E-state index contributed by atoms with van der Waals surface area (Å²) in [6.45, 7) is 0. The third kappa shape index (κ3) is 3.40. The van der Waals surface area contributed by atoms with Gasteiger partial charge in [-0.3, -0.25) is 0 Å². The van der Waals surface area contributed by atoms with Gasteiger partial charge in [0, 0.05) is 21.2 Å². The molecule has 3 aromatic heterocycles. The van der Waals surface area contributed by atoms with E-state index in [9.17, 15) is 14.0 Å². The molecule has 0 atom stereocenters. The van der Waals surface area contributed by atoms with E-state index in [0.717, 1.165) is 45.7 Å². The van der Waals surface area contributed by atoms with Gasteiger partial charge in [0.2, 0.25) is 5.13 Å². The molecule has 1 N–H and O–H groups in total. The largest absolute Gasteiger partial charge is 0.291 e. The summed E-state index contributed by atoms with van der Waals surface area (Å²) in [5.41, 5.74) is 3.65. The van der Waals surface area contributed by atoms with E-state index in [0.29, 0.717) is 5.52 Å². The van der Waals surface area contributed by atoms with Crippen LogP contribution in [-0.2, 0) is 0 Å². The Labute approximate surface area is 175 Å². The molecule has 0 radical (unpaired) electrons. The Balaban J connectivity index is 1.61. The second-order valence-electron chi connectivity index (χ2n) is 6.46. The number of rotatable bonds is 6. The van der Waals surface area contributed by atoms with E-state index < -0.39 is 12.0 Å². The predicted octanol–water partition coefficient (Wildman–Crippen LogP) is 4.59. The highest BCUT2D eigenvalue weighted by molar-refractivity contribution is 7.97. The molecule has 1 aliphatic carbocycles. The van der Waals surface area contributed by atoms with Crippen molar-refractivity contribution >= 4 is 45.5 Å². The quantitative estimate of drug-likeness (QED) is 0.432. The lowest BCUT2D eigenvalue weighted by Gasteiger charge is -2.10. The molecule has 1 aliphatic rings. The maximum atomic E-state index is 12.9. The molecule has 0 unspecified atom stereocenters. The number of alkyl halides is 2. The van der Waals surface area contributed by atoms with Crippen LogP contribution in [0.3, 0.4) is 0 Å². The highest BCUT2D eigenvalue weighted by Crippen LogP contribution is 2.40. The van der Waals surface area contributed by atoms with Crippen molar-refractivity contribution in [2.45, 2.75) is 29.7 Å². The van der Waals surface area contributed by atoms with Gasteiger partial charge in [0.25, 0.3) is 6.43 Å². The topological polar surface area (TPSA) is 92.3 Å². The lowest BCUT2D eigenvalue weighted by Crippen LogP contribution is -2.22. The first kappa shape index (κ1) is 18.6. The van der Waals surface area contributed by atoms with Crippen molar-refractivity contribution in [1.29, 1.82) is 5.26 Å². The van der Waals surface area contributed by atoms with Crippen LogP contribution in [0.1, 0.15) is 24.3 Å². The van der Waals surface area contributed by atoms with Crippen LogP contribution in [0.5, 0.6) is 0 Å². The molecule has 0 aliphatic heterocycles. The monoisotopic (exact) mass is 447 g/mol. The van der Waals surface area contributed by atoms with E-state index >= 15 is 0 Å².